The maximum atomic E-state index is 12.2. The first-order valence-electron chi connectivity index (χ1n) is 33.2. The average Bonchev–Trinajstić information content (AvgIpc) is 0.890. The Morgan fingerprint density at radius 2 is 0.950 bits per heavy atom. The second-order valence-corrected chi connectivity index (χ2v) is 25.7. The van der Waals surface area contributed by atoms with Crippen LogP contribution in [-0.4, -0.2) is 123 Å². The molecule has 0 fully saturated rings. The highest BCUT2D eigenvalue weighted by molar-refractivity contribution is 7.86. The molecule has 8 aromatic rings. The maximum Gasteiger partial charge on any atom is 0.358 e. The van der Waals surface area contributed by atoms with Crippen LogP contribution < -0.4 is 25.8 Å². The van der Waals surface area contributed by atoms with E-state index in [9.17, 15) is 32.4 Å². The van der Waals surface area contributed by atoms with Crippen LogP contribution in [0.1, 0.15) is 144 Å². The molecule has 0 saturated carbocycles. The van der Waals surface area contributed by atoms with Crippen LogP contribution in [0.4, 0.5) is 22.7 Å². The van der Waals surface area contributed by atoms with E-state index in [1.807, 2.05) is 92.8 Å². The summed E-state index contributed by atoms with van der Waals surface area (Å²) < 4.78 is 29.2. The normalized spacial score (nSPS) is 18.0. The number of hydrogen-bond acceptors (Lipinski definition) is 20. The number of anilines is 4. The van der Waals surface area contributed by atoms with Crippen molar-refractivity contribution < 1.29 is 41.9 Å². The smallest absolute Gasteiger partial charge is 0.358 e. The summed E-state index contributed by atoms with van der Waals surface area (Å²) in [6.45, 7) is 1.89. The third-order valence-electron chi connectivity index (χ3n) is 17.4. The Morgan fingerprint density at radius 3 is 1.53 bits per heavy atom. The zero-order valence-electron chi connectivity index (χ0n) is 56.4. The first-order chi connectivity index (χ1) is 48.4. The molecule has 100 heavy (non-hydrogen) atoms. The molecule has 26 nitrogen and oxygen atoms in total. The molecule has 0 saturated heterocycles. The van der Waals surface area contributed by atoms with E-state index in [1.165, 1.54) is 17.0 Å². The number of likely N-dealkylation sites (N-methyl/N-ethyl adjacent to an activating group) is 2. The average molecular weight is 1370 g/mol. The van der Waals surface area contributed by atoms with E-state index in [0.29, 0.717) is 50.7 Å². The van der Waals surface area contributed by atoms with Crippen molar-refractivity contribution in [1.29, 1.82) is 0 Å². The number of Topliss-reactive ketones (excluding diaryl/α,β-unsaturated/α-hetero) is 1. The van der Waals surface area contributed by atoms with Crippen molar-refractivity contribution in [2.45, 2.75) is 146 Å². The van der Waals surface area contributed by atoms with Crippen LogP contribution in [0.25, 0.3) is 10.4 Å². The Bertz CT molecular complexity index is 4430. The molecule has 7 aliphatic rings. The maximum absolute atomic E-state index is 12.2. The molecule has 2 unspecified atom stereocenters. The van der Waals surface area contributed by atoms with Crippen LogP contribution >= 0.6 is 0 Å². The van der Waals surface area contributed by atoms with Gasteiger partial charge in [-0.25, -0.2) is 0 Å². The van der Waals surface area contributed by atoms with Gasteiger partial charge in [0.15, 0.2) is 5.78 Å². The van der Waals surface area contributed by atoms with Gasteiger partial charge in [0.25, 0.3) is 0 Å². The Balaban J connectivity index is 0.000000138. The number of ketones is 1. The summed E-state index contributed by atoms with van der Waals surface area (Å²) in [6, 6.07) is 31.6. The molecular formula is C73H81N17O9S. The molecule has 4 aliphatic heterocycles. The lowest BCUT2D eigenvalue weighted by atomic mass is 9.94. The molecule has 15 rings (SSSR count). The number of nitrogens with two attached hydrogens (primary N) is 1. The van der Waals surface area contributed by atoms with Gasteiger partial charge in [0.05, 0.1) is 68.7 Å². The second-order valence-electron chi connectivity index (χ2n) is 24.2. The number of amides is 4. The number of aryl methyl sites for hydroxylation is 8. The van der Waals surface area contributed by atoms with E-state index in [0.717, 1.165) is 168 Å². The zero-order chi connectivity index (χ0) is 71.0. The van der Waals surface area contributed by atoms with Crippen molar-refractivity contribution in [2.75, 3.05) is 41.2 Å². The molecule has 7 aromatic heterocycles. The summed E-state index contributed by atoms with van der Waals surface area (Å²) in [6.07, 6.45) is 27.6. The molecule has 4 amide bonds. The van der Waals surface area contributed by atoms with Crippen molar-refractivity contribution in [2.24, 2.45) is 21.2 Å². The minimum Gasteiger partial charge on any atom is -0.411 e. The largest absolute Gasteiger partial charge is 0.411 e. The third-order valence-corrected chi connectivity index (χ3v) is 18.5. The zero-order valence-corrected chi connectivity index (χ0v) is 57.2. The number of aromatic nitrogens is 7. The van der Waals surface area contributed by atoms with Crippen LogP contribution in [0, 0.1) is 6.92 Å². The fraction of sp³-hybridized carbons (Fsp3) is 0.342. The predicted molar refractivity (Wildman–Crippen MR) is 379 cm³/mol. The van der Waals surface area contributed by atoms with Gasteiger partial charge in [0.1, 0.15) is 10.9 Å². The van der Waals surface area contributed by atoms with E-state index in [4.69, 9.17) is 20.8 Å². The topological polar surface area (TPSA) is 360 Å². The van der Waals surface area contributed by atoms with Crippen LogP contribution in [0.2, 0.25) is 0 Å². The Kier molecular flexibility index (Phi) is 26.4. The van der Waals surface area contributed by atoms with Gasteiger partial charge in [-0.05, 0) is 212 Å². The van der Waals surface area contributed by atoms with Gasteiger partial charge in [-0.2, -0.15) is 8.42 Å². The van der Waals surface area contributed by atoms with Crippen molar-refractivity contribution >= 4 is 73.7 Å². The van der Waals surface area contributed by atoms with E-state index >= 15 is 0 Å². The van der Waals surface area contributed by atoms with Gasteiger partial charge in [0.2, 0.25) is 23.6 Å². The standard InChI is InChI=1S/C16H16N2O3S.C10H11N5O.C10H13N3O.C10H12N2O.2C9H10N2O.C9H9NO/c1-12-7-9-13(10-8-12)22(19,20)21-18-16-6-2-5-15-14(16)4-3-11-17-15;1-15-9-3-2-6-12-7(9)4-5-8(10(15)16)13-14-11;1-13-9-3-2-6-12-8(9)5-4-7(11)10(13)14;1-12-9-5-3-7-11-8(9)4-2-6-10(12)13;12-11-9-5-1-4-8-7(9)3-2-6-10-8;12-9-5-1-3-7-8(11-9)4-2-6-10-7;11-9-5-1-4-8-7(9)3-2-6-10-8/h3-4,7-11H,2,5-6H2,1H3;2-3,6,8H,4-5H2,1H3;2-3,6-7H,4-5,11H2,1H3;3,5,7H,2,4,6H2,1H3;2-3,6,12H,1,4-5H2;2,4,6H,1,3,5H2,(H,11,12);2-3,6H,1,4-5H2/b18-16+;;;;11-9+;;. The van der Waals surface area contributed by atoms with Crippen molar-refractivity contribution in [3.63, 3.8) is 0 Å². The molecule has 0 spiro atoms. The van der Waals surface area contributed by atoms with Crippen LogP contribution in [0.15, 0.2) is 173 Å². The molecule has 4 N–H and O–H groups in total. The van der Waals surface area contributed by atoms with Gasteiger partial charge in [0, 0.05) is 117 Å². The van der Waals surface area contributed by atoms with Crippen LogP contribution in [0.5, 0.6) is 0 Å². The van der Waals surface area contributed by atoms with E-state index < -0.39 is 22.2 Å². The highest BCUT2D eigenvalue weighted by Crippen LogP contribution is 2.28. The van der Waals surface area contributed by atoms with Gasteiger partial charge < -0.3 is 31.0 Å². The van der Waals surface area contributed by atoms with Gasteiger partial charge in [-0.3, -0.25) is 63.1 Å². The summed E-state index contributed by atoms with van der Waals surface area (Å²) >= 11 is 0. The number of nitrogens with one attached hydrogen (secondary N) is 1. The van der Waals surface area contributed by atoms with E-state index in [1.54, 1.807) is 85.5 Å². The molecular weight excluding hydrogens is 1290 g/mol. The van der Waals surface area contributed by atoms with E-state index in [-0.39, 0.29) is 34.3 Å². The summed E-state index contributed by atoms with van der Waals surface area (Å²) in [4.78, 5) is 94.7. The number of carbonyl (C=O) groups is 5. The summed E-state index contributed by atoms with van der Waals surface area (Å²) in [5, 5.41) is 22.2. The van der Waals surface area contributed by atoms with Crippen molar-refractivity contribution in [1.82, 2.24) is 34.9 Å². The number of fused-ring (bicyclic) bond motifs is 7. The molecule has 27 heteroatoms. The molecule has 3 aliphatic carbocycles. The Hall–Kier alpha value is -11.0. The number of hydrogen-bond donors (Lipinski definition) is 3. The Morgan fingerprint density at radius 1 is 0.510 bits per heavy atom. The fourth-order valence-corrected chi connectivity index (χ4v) is 12.7. The second kappa shape index (κ2) is 36.0. The number of oxime groups is 2. The first-order valence-corrected chi connectivity index (χ1v) is 34.7. The molecule has 0 radical (unpaired) electrons. The number of rotatable bonds is 4. The molecule has 2 atom stereocenters. The lowest BCUT2D eigenvalue weighted by Crippen LogP contribution is -2.40. The highest BCUT2D eigenvalue weighted by Gasteiger charge is 2.29. The van der Waals surface area contributed by atoms with E-state index in [2.05, 4.69) is 60.5 Å². The molecule has 1 aromatic carbocycles. The lowest BCUT2D eigenvalue weighted by molar-refractivity contribution is -0.120. The monoisotopic (exact) mass is 1370 g/mol. The summed E-state index contributed by atoms with van der Waals surface area (Å²) in [7, 11) is 1.35. The lowest BCUT2D eigenvalue weighted by Gasteiger charge is -2.18. The summed E-state index contributed by atoms with van der Waals surface area (Å²) in [5.41, 5.74) is 29.6. The quantitative estimate of drug-likeness (QED) is 0.0484. The fourth-order valence-electron chi connectivity index (χ4n) is 12.0. The number of nitrogens with zero attached hydrogens (tertiary/aromatic N) is 15. The van der Waals surface area contributed by atoms with Crippen molar-refractivity contribution in [3.8, 4) is 0 Å². The van der Waals surface area contributed by atoms with Crippen molar-refractivity contribution in [3.05, 3.63) is 225 Å². The number of benzene rings is 1. The minimum atomic E-state index is -3.89. The van der Waals surface area contributed by atoms with Crippen LogP contribution in [0.3, 0.4) is 0 Å². The molecule has 11 heterocycles. The number of carbonyl (C=O) groups excluding carboxylic acids is 5. The number of azide groups is 1. The molecule has 0 bridgehead atoms. The Labute approximate surface area is 581 Å². The van der Waals surface area contributed by atoms with Gasteiger partial charge in [-0.15, -0.1) is 0 Å². The van der Waals surface area contributed by atoms with Gasteiger partial charge in [-0.1, -0.05) is 33.1 Å². The summed E-state index contributed by atoms with van der Waals surface area (Å²) in [5.74, 6) is 0.328. The van der Waals surface area contributed by atoms with Crippen LogP contribution in [-0.2, 0) is 78.5 Å². The predicted octanol–water partition coefficient (Wildman–Crippen LogP) is 10.8. The number of pyridine rings is 7. The van der Waals surface area contributed by atoms with Gasteiger partial charge >= 0.3 is 10.1 Å². The molecule has 518 valence electrons. The first kappa shape index (κ1) is 73.2. The minimum absolute atomic E-state index is 0.0308. The highest BCUT2D eigenvalue weighted by atomic mass is 32.2. The third kappa shape index (κ3) is 19.6. The SMILES string of the molecule is CN1C(=O)C(N)CCc2ncccc21.CN1C(=O)C(N=[N+]=[N-])CCc2ncccc21.CN1C(=O)CCCc2ncccc21.Cc1ccc(S(=O)(=O)O/N=C2\CCCc3ncccc32)cc1.O/N=C1\CCCc2ncccc21.O=C1CCCc2ncccc21.O=C1CCCc2ncccc2N1.